The lowest BCUT2D eigenvalue weighted by Gasteiger charge is -2.25. The summed E-state index contributed by atoms with van der Waals surface area (Å²) in [6.45, 7) is 4.46. The molecule has 0 bridgehead atoms. The monoisotopic (exact) mass is 417 g/mol. The number of benzene rings is 2. The van der Waals surface area contributed by atoms with Crippen molar-refractivity contribution < 1.29 is 14.3 Å². The van der Waals surface area contributed by atoms with Crippen LogP contribution in [0.25, 0.3) is 0 Å². The second-order valence-corrected chi connectivity index (χ2v) is 7.37. The Morgan fingerprint density at radius 3 is 2.55 bits per heavy atom. The predicted molar refractivity (Wildman–Crippen MR) is 119 cm³/mol. The molecule has 6 heteroatoms. The van der Waals surface area contributed by atoms with Gasteiger partial charge in [-0.25, -0.2) is 0 Å². The topological polar surface area (TPSA) is 63.7 Å². The Hall–Kier alpha value is -3.38. The fourth-order valence-corrected chi connectivity index (χ4v) is 3.67. The first kappa shape index (κ1) is 20.9. The van der Waals surface area contributed by atoms with E-state index in [4.69, 9.17) is 9.47 Å². The van der Waals surface area contributed by atoms with Gasteiger partial charge in [0.25, 0.3) is 0 Å². The van der Waals surface area contributed by atoms with Gasteiger partial charge in [-0.15, -0.1) is 0 Å². The highest BCUT2D eigenvalue weighted by Crippen LogP contribution is 2.31. The molecule has 0 saturated carbocycles. The summed E-state index contributed by atoms with van der Waals surface area (Å²) in [5.74, 6) is 1.53. The molecule has 2 heterocycles. The van der Waals surface area contributed by atoms with E-state index in [-0.39, 0.29) is 18.5 Å². The van der Waals surface area contributed by atoms with E-state index in [2.05, 4.69) is 10.3 Å². The number of nitrogens with zero attached hydrogens (tertiary/aromatic N) is 2. The quantitative estimate of drug-likeness (QED) is 0.607. The van der Waals surface area contributed by atoms with Crippen molar-refractivity contribution in [3.63, 3.8) is 0 Å². The van der Waals surface area contributed by atoms with Crippen LogP contribution in [0.3, 0.4) is 0 Å². The number of hydrogen-bond acceptors (Lipinski definition) is 5. The van der Waals surface area contributed by atoms with Crippen LogP contribution in [-0.2, 0) is 11.3 Å². The Labute approximate surface area is 182 Å². The molecule has 0 fully saturated rings. The van der Waals surface area contributed by atoms with Gasteiger partial charge in [-0.1, -0.05) is 42.5 Å². The Kier molecular flexibility index (Phi) is 6.79. The molecule has 1 aliphatic rings. The maximum atomic E-state index is 13.0. The molecule has 3 aromatic rings. The van der Waals surface area contributed by atoms with Crippen LogP contribution in [0.1, 0.15) is 29.8 Å². The SMILES string of the molecule is CCN(Cc1ccc2c(c1)OCCO2)C(=O)CNC(c1ccccc1)c1ccccn1. The van der Waals surface area contributed by atoms with Crippen LogP contribution in [0.4, 0.5) is 0 Å². The summed E-state index contributed by atoms with van der Waals surface area (Å²) < 4.78 is 11.3. The summed E-state index contributed by atoms with van der Waals surface area (Å²) in [6, 6.07) is 21.6. The van der Waals surface area contributed by atoms with Crippen LogP contribution in [0, 0.1) is 0 Å². The largest absolute Gasteiger partial charge is 0.486 e. The minimum atomic E-state index is -0.153. The number of nitrogens with one attached hydrogen (secondary N) is 1. The highest BCUT2D eigenvalue weighted by Gasteiger charge is 2.19. The molecule has 1 N–H and O–H groups in total. The van der Waals surface area contributed by atoms with Crippen LogP contribution in [0.2, 0.25) is 0 Å². The molecule has 0 aliphatic carbocycles. The third kappa shape index (κ3) is 5.22. The third-order valence-corrected chi connectivity index (χ3v) is 5.29. The molecule has 0 saturated heterocycles. The summed E-state index contributed by atoms with van der Waals surface area (Å²) in [5.41, 5.74) is 2.98. The van der Waals surface area contributed by atoms with E-state index in [9.17, 15) is 4.79 Å². The van der Waals surface area contributed by atoms with Gasteiger partial charge < -0.3 is 14.4 Å². The first-order valence-electron chi connectivity index (χ1n) is 10.6. The van der Waals surface area contributed by atoms with Crippen molar-refractivity contribution in [1.82, 2.24) is 15.2 Å². The van der Waals surface area contributed by atoms with Gasteiger partial charge in [-0.05, 0) is 42.3 Å². The summed E-state index contributed by atoms with van der Waals surface area (Å²) in [6.07, 6.45) is 1.77. The standard InChI is InChI=1S/C25H27N3O3/c1-2-28(18-19-11-12-22-23(16-19)31-15-14-30-22)24(29)17-27-25(20-8-4-3-5-9-20)21-10-6-7-13-26-21/h3-13,16,25,27H,2,14-15,17-18H2,1H3. The van der Waals surface area contributed by atoms with Gasteiger partial charge in [0.2, 0.25) is 5.91 Å². The smallest absolute Gasteiger partial charge is 0.236 e. The van der Waals surface area contributed by atoms with Crippen molar-refractivity contribution in [1.29, 1.82) is 0 Å². The zero-order valence-electron chi connectivity index (χ0n) is 17.7. The number of hydrogen-bond donors (Lipinski definition) is 1. The van der Waals surface area contributed by atoms with E-state index in [1.807, 2.05) is 78.6 Å². The molecule has 1 atom stereocenters. The van der Waals surface area contributed by atoms with E-state index < -0.39 is 0 Å². The highest BCUT2D eigenvalue weighted by atomic mass is 16.6. The highest BCUT2D eigenvalue weighted by molar-refractivity contribution is 5.78. The molecular formula is C25H27N3O3. The van der Waals surface area contributed by atoms with Crippen LogP contribution >= 0.6 is 0 Å². The maximum Gasteiger partial charge on any atom is 0.236 e. The Bertz CT molecular complexity index is 956. The summed E-state index contributed by atoms with van der Waals surface area (Å²) in [5, 5.41) is 3.40. The lowest BCUT2D eigenvalue weighted by molar-refractivity contribution is -0.130. The molecule has 0 radical (unpaired) electrons. The Morgan fingerprint density at radius 2 is 1.81 bits per heavy atom. The van der Waals surface area contributed by atoms with Crippen molar-refractivity contribution in [2.75, 3.05) is 26.3 Å². The van der Waals surface area contributed by atoms with Gasteiger partial charge >= 0.3 is 0 Å². The van der Waals surface area contributed by atoms with Crippen LogP contribution in [0.5, 0.6) is 11.5 Å². The average Bonchev–Trinajstić information content (AvgIpc) is 2.84. The number of carbonyl (C=O) groups excluding carboxylic acids is 1. The van der Waals surface area contributed by atoms with Crippen molar-refractivity contribution in [3.05, 3.63) is 89.7 Å². The van der Waals surface area contributed by atoms with E-state index in [1.54, 1.807) is 6.20 Å². The summed E-state index contributed by atoms with van der Waals surface area (Å²) in [7, 11) is 0. The van der Waals surface area contributed by atoms with Crippen molar-refractivity contribution in [2.45, 2.75) is 19.5 Å². The minimum absolute atomic E-state index is 0.0363. The normalized spacial score (nSPS) is 13.5. The van der Waals surface area contributed by atoms with Gasteiger partial charge in [-0.2, -0.15) is 0 Å². The van der Waals surface area contributed by atoms with Crippen LogP contribution < -0.4 is 14.8 Å². The lowest BCUT2D eigenvalue weighted by atomic mass is 10.0. The fourth-order valence-electron chi connectivity index (χ4n) is 3.67. The third-order valence-electron chi connectivity index (χ3n) is 5.29. The lowest BCUT2D eigenvalue weighted by Crippen LogP contribution is -2.39. The van der Waals surface area contributed by atoms with E-state index in [0.29, 0.717) is 26.3 Å². The van der Waals surface area contributed by atoms with Crippen LogP contribution in [-0.4, -0.2) is 42.1 Å². The molecule has 1 aromatic heterocycles. The van der Waals surface area contributed by atoms with Crippen molar-refractivity contribution in [2.24, 2.45) is 0 Å². The number of likely N-dealkylation sites (N-methyl/N-ethyl adjacent to an activating group) is 1. The van der Waals surface area contributed by atoms with Gasteiger partial charge in [0.1, 0.15) is 13.2 Å². The number of rotatable bonds is 8. The van der Waals surface area contributed by atoms with Crippen molar-refractivity contribution >= 4 is 5.91 Å². The fraction of sp³-hybridized carbons (Fsp3) is 0.280. The van der Waals surface area contributed by atoms with Crippen molar-refractivity contribution in [3.8, 4) is 11.5 Å². The van der Waals surface area contributed by atoms with Gasteiger partial charge in [0, 0.05) is 19.3 Å². The first-order chi connectivity index (χ1) is 15.2. The second-order valence-electron chi connectivity index (χ2n) is 7.37. The molecule has 1 aliphatic heterocycles. The molecule has 4 rings (SSSR count). The molecule has 2 aromatic carbocycles. The molecule has 0 spiro atoms. The van der Waals surface area contributed by atoms with E-state index in [0.717, 1.165) is 28.3 Å². The van der Waals surface area contributed by atoms with E-state index in [1.165, 1.54) is 0 Å². The molecular weight excluding hydrogens is 390 g/mol. The zero-order valence-corrected chi connectivity index (χ0v) is 17.7. The molecule has 31 heavy (non-hydrogen) atoms. The molecule has 6 nitrogen and oxygen atoms in total. The summed E-state index contributed by atoms with van der Waals surface area (Å²) in [4.78, 5) is 19.3. The number of fused-ring (bicyclic) bond motifs is 1. The first-order valence-corrected chi connectivity index (χ1v) is 10.6. The summed E-state index contributed by atoms with van der Waals surface area (Å²) >= 11 is 0. The van der Waals surface area contributed by atoms with Gasteiger partial charge in [0.05, 0.1) is 18.3 Å². The molecule has 1 amide bonds. The molecule has 1 unspecified atom stereocenters. The Balaban J connectivity index is 1.44. The van der Waals surface area contributed by atoms with Crippen LogP contribution in [0.15, 0.2) is 72.9 Å². The predicted octanol–water partition coefficient (Wildman–Crippen LogP) is 3.58. The number of aromatic nitrogens is 1. The number of carbonyl (C=O) groups is 1. The Morgan fingerprint density at radius 1 is 1.03 bits per heavy atom. The second kappa shape index (κ2) is 10.1. The van der Waals surface area contributed by atoms with Gasteiger partial charge in [0.15, 0.2) is 11.5 Å². The minimum Gasteiger partial charge on any atom is -0.486 e. The number of pyridine rings is 1. The average molecular weight is 418 g/mol. The molecule has 160 valence electrons. The number of ether oxygens (including phenoxy) is 2. The number of amides is 1. The van der Waals surface area contributed by atoms with E-state index >= 15 is 0 Å². The maximum absolute atomic E-state index is 13.0. The zero-order chi connectivity index (χ0) is 21.5. The van der Waals surface area contributed by atoms with Gasteiger partial charge in [-0.3, -0.25) is 15.1 Å².